The molecule has 0 saturated carbocycles. The van der Waals surface area contributed by atoms with Crippen molar-refractivity contribution in [1.82, 2.24) is 5.32 Å². The fourth-order valence-electron chi connectivity index (χ4n) is 4.98. The highest BCUT2D eigenvalue weighted by Crippen LogP contribution is 2.39. The number of allylic oxidation sites excluding steroid dienone is 1. The van der Waals surface area contributed by atoms with Gasteiger partial charge in [-0.2, -0.15) is 0 Å². The van der Waals surface area contributed by atoms with Crippen molar-refractivity contribution < 1.29 is 41.4 Å². The minimum atomic E-state index is -4.35. The fourth-order valence-corrected chi connectivity index (χ4v) is 6.81. The van der Waals surface area contributed by atoms with Crippen LogP contribution < -0.4 is 19.1 Å². The van der Waals surface area contributed by atoms with Gasteiger partial charge in [-0.3, -0.25) is 9.10 Å². The average molecular weight is 669 g/mol. The van der Waals surface area contributed by atoms with Gasteiger partial charge in [-0.15, -0.1) is 0 Å². The molecule has 238 valence electrons. The van der Waals surface area contributed by atoms with Gasteiger partial charge in [0.2, 0.25) is 0 Å². The second-order valence-corrected chi connectivity index (χ2v) is 12.6. The van der Waals surface area contributed by atoms with Gasteiger partial charge in [0.05, 0.1) is 41.4 Å². The van der Waals surface area contributed by atoms with Crippen molar-refractivity contribution in [3.63, 3.8) is 0 Å². The van der Waals surface area contributed by atoms with E-state index in [1.807, 2.05) is 0 Å². The van der Waals surface area contributed by atoms with E-state index in [1.54, 1.807) is 37.3 Å². The Bertz CT molecular complexity index is 1960. The lowest BCUT2D eigenvalue weighted by molar-refractivity contribution is 0.0696. The van der Waals surface area contributed by atoms with E-state index in [-0.39, 0.29) is 56.9 Å². The molecule has 13 heteroatoms. The Morgan fingerprint density at radius 1 is 1.04 bits per heavy atom. The number of carbonyl (C=O) groups is 2. The number of hydrogen-bond acceptors (Lipinski definition) is 6. The van der Waals surface area contributed by atoms with Crippen LogP contribution in [0.2, 0.25) is 5.02 Å². The summed E-state index contributed by atoms with van der Waals surface area (Å²) < 4.78 is 69.0. The second kappa shape index (κ2) is 13.2. The maximum atomic E-state index is 14.6. The Balaban J connectivity index is 1.50. The van der Waals surface area contributed by atoms with Gasteiger partial charge in [0, 0.05) is 17.2 Å². The highest BCUT2D eigenvalue weighted by atomic mass is 35.5. The summed E-state index contributed by atoms with van der Waals surface area (Å²) >= 11 is 6.24. The Kier molecular flexibility index (Phi) is 9.31. The summed E-state index contributed by atoms with van der Waals surface area (Å²) in [5.74, 6) is -3.13. The summed E-state index contributed by atoms with van der Waals surface area (Å²) in [6.45, 7) is 1.28. The number of rotatable bonds is 9. The van der Waals surface area contributed by atoms with Gasteiger partial charge in [-0.1, -0.05) is 35.9 Å². The molecule has 0 aliphatic carbocycles. The Morgan fingerprint density at radius 3 is 2.50 bits per heavy atom. The number of anilines is 1. The van der Waals surface area contributed by atoms with Crippen LogP contribution in [0.1, 0.15) is 38.8 Å². The van der Waals surface area contributed by atoms with Crippen LogP contribution in [0, 0.1) is 11.6 Å². The van der Waals surface area contributed by atoms with E-state index in [9.17, 15) is 31.9 Å². The monoisotopic (exact) mass is 668 g/mol. The van der Waals surface area contributed by atoms with E-state index in [1.165, 1.54) is 43.5 Å². The lowest BCUT2D eigenvalue weighted by atomic mass is 10.0. The van der Waals surface area contributed by atoms with Crippen LogP contribution >= 0.6 is 11.6 Å². The normalized spacial score (nSPS) is 14.7. The number of fused-ring (bicyclic) bond motifs is 1. The molecule has 46 heavy (non-hydrogen) atoms. The molecular weight excluding hydrogens is 642 g/mol. The predicted molar refractivity (Wildman–Crippen MR) is 169 cm³/mol. The molecule has 1 aliphatic heterocycles. The topological polar surface area (TPSA) is 122 Å². The number of nitrogens with one attached hydrogen (secondary N) is 1. The molecule has 1 atom stereocenters. The van der Waals surface area contributed by atoms with Crippen LogP contribution in [0.4, 0.5) is 14.5 Å². The van der Waals surface area contributed by atoms with Crippen LogP contribution in [0.15, 0.2) is 83.8 Å². The van der Waals surface area contributed by atoms with Crippen LogP contribution in [0.5, 0.6) is 11.5 Å². The molecule has 0 unspecified atom stereocenters. The number of carbonyl (C=O) groups excluding carboxylic acids is 1. The van der Waals surface area contributed by atoms with Crippen molar-refractivity contribution in [3.8, 4) is 11.5 Å². The third-order valence-corrected chi connectivity index (χ3v) is 9.32. The van der Waals surface area contributed by atoms with E-state index < -0.39 is 39.6 Å². The zero-order chi connectivity index (χ0) is 33.2. The van der Waals surface area contributed by atoms with Crippen molar-refractivity contribution in [2.24, 2.45) is 0 Å². The van der Waals surface area contributed by atoms with Gasteiger partial charge >= 0.3 is 5.97 Å². The van der Waals surface area contributed by atoms with Gasteiger partial charge in [0.1, 0.15) is 17.7 Å². The predicted octanol–water partition coefficient (Wildman–Crippen LogP) is 6.27. The molecule has 1 amide bonds. The van der Waals surface area contributed by atoms with Crippen LogP contribution in [-0.4, -0.2) is 51.7 Å². The molecule has 2 N–H and O–H groups in total. The number of nitrogens with zero attached hydrogens (tertiary/aromatic N) is 1. The van der Waals surface area contributed by atoms with Crippen molar-refractivity contribution in [2.75, 3.05) is 24.5 Å². The summed E-state index contributed by atoms with van der Waals surface area (Å²) in [6, 6.07) is 17.7. The van der Waals surface area contributed by atoms with Gasteiger partial charge in [-0.05, 0) is 72.7 Å². The maximum absolute atomic E-state index is 14.6. The highest BCUT2D eigenvalue weighted by Gasteiger charge is 2.35. The number of sulfonamides is 1. The molecule has 0 bridgehead atoms. The smallest absolute Gasteiger partial charge is 0.335 e. The number of carboxylic acid groups (broad SMARTS) is 1. The molecule has 1 heterocycles. The Morgan fingerprint density at radius 2 is 1.78 bits per heavy atom. The number of halogens is 3. The van der Waals surface area contributed by atoms with E-state index in [0.29, 0.717) is 11.1 Å². The minimum absolute atomic E-state index is 0.0696. The largest absolute Gasteiger partial charge is 0.494 e. The molecular formula is C33H27ClF2N2O7S. The van der Waals surface area contributed by atoms with E-state index in [4.69, 9.17) is 21.1 Å². The number of carboxylic acids is 1. The lowest BCUT2D eigenvalue weighted by Gasteiger charge is -2.36. The molecule has 4 aromatic carbocycles. The SMILES string of the molecule is COc1cc(S(=O)(=O)N2C[C@H](CNC(=O)c3cccc(C(=O)O)c3)Oc3ccc(/C=C(\C)c4c(F)cccc4Cl)cc32)ccc1F. The molecule has 9 nitrogen and oxygen atoms in total. The number of benzene rings is 4. The van der Waals surface area contributed by atoms with Crippen molar-refractivity contribution >= 4 is 50.8 Å². The standard InChI is InChI=1S/C33H27ClF2N2O7S/c1-19(31-25(34)7-4-8-27(31)36)13-20-9-12-29-28(14-20)38(46(42,43)24-10-11-26(35)30(16-24)44-2)18-23(45-29)17-37-32(39)21-5-3-6-22(15-21)33(40)41/h3-16,23H,17-18H2,1-2H3,(H,37,39)(H,40,41)/b19-13+/t23-/m0/s1. The zero-order valence-electron chi connectivity index (χ0n) is 24.5. The summed E-state index contributed by atoms with van der Waals surface area (Å²) in [4.78, 5) is 23.9. The molecule has 5 rings (SSSR count). The number of hydrogen-bond donors (Lipinski definition) is 2. The van der Waals surface area contributed by atoms with Crippen LogP contribution in [-0.2, 0) is 10.0 Å². The molecule has 0 radical (unpaired) electrons. The summed E-state index contributed by atoms with van der Waals surface area (Å²) in [5.41, 5.74) is 1.39. The van der Waals surface area contributed by atoms with Crippen molar-refractivity contribution in [2.45, 2.75) is 17.9 Å². The maximum Gasteiger partial charge on any atom is 0.335 e. The summed E-state index contributed by atoms with van der Waals surface area (Å²) in [6.07, 6.45) is 0.769. The molecule has 0 aromatic heterocycles. The first kappa shape index (κ1) is 32.5. The van der Waals surface area contributed by atoms with Gasteiger partial charge < -0.3 is 19.9 Å². The molecule has 0 spiro atoms. The first-order chi connectivity index (χ1) is 21.9. The molecule has 0 saturated heterocycles. The number of methoxy groups -OCH3 is 1. The second-order valence-electron chi connectivity index (χ2n) is 10.3. The third kappa shape index (κ3) is 6.68. The number of aromatic carboxylic acids is 1. The first-order valence-corrected chi connectivity index (χ1v) is 15.6. The van der Waals surface area contributed by atoms with Gasteiger partial charge in [-0.25, -0.2) is 22.0 Å². The average Bonchev–Trinajstić information content (AvgIpc) is 3.03. The molecule has 0 fully saturated rings. The highest BCUT2D eigenvalue weighted by molar-refractivity contribution is 7.92. The van der Waals surface area contributed by atoms with Crippen molar-refractivity contribution in [1.29, 1.82) is 0 Å². The van der Waals surface area contributed by atoms with Crippen LogP contribution in [0.3, 0.4) is 0 Å². The summed E-state index contributed by atoms with van der Waals surface area (Å²) in [5, 5.41) is 12.1. The van der Waals surface area contributed by atoms with E-state index in [0.717, 1.165) is 22.5 Å². The zero-order valence-corrected chi connectivity index (χ0v) is 26.0. The minimum Gasteiger partial charge on any atom is -0.494 e. The van der Waals surface area contributed by atoms with Gasteiger partial charge in [0.15, 0.2) is 11.6 Å². The van der Waals surface area contributed by atoms with Crippen LogP contribution in [0.25, 0.3) is 11.6 Å². The van der Waals surface area contributed by atoms with Crippen molar-refractivity contribution in [3.05, 3.63) is 118 Å². The van der Waals surface area contributed by atoms with E-state index in [2.05, 4.69) is 5.32 Å². The summed E-state index contributed by atoms with van der Waals surface area (Å²) in [7, 11) is -3.13. The first-order valence-electron chi connectivity index (χ1n) is 13.8. The lowest BCUT2D eigenvalue weighted by Crippen LogP contribution is -2.48. The third-order valence-electron chi connectivity index (χ3n) is 7.23. The molecule has 1 aliphatic rings. The number of ether oxygens (including phenoxy) is 2. The fraction of sp³-hybridized carbons (Fsp3) is 0.152. The molecule has 4 aromatic rings. The Labute approximate surface area is 268 Å². The number of amides is 1. The quantitative estimate of drug-likeness (QED) is 0.202. The van der Waals surface area contributed by atoms with E-state index >= 15 is 0 Å². The Hall–Kier alpha value is -4.94. The van der Waals surface area contributed by atoms with Gasteiger partial charge in [0.25, 0.3) is 15.9 Å².